The quantitative estimate of drug-likeness (QED) is 0.159. The Bertz CT molecular complexity index is 2610. The van der Waals surface area contributed by atoms with Crippen molar-refractivity contribution in [2.45, 2.75) is 0 Å². The van der Waals surface area contributed by atoms with Crippen LogP contribution in [0.4, 0.5) is 17.1 Å². The van der Waals surface area contributed by atoms with Gasteiger partial charge < -0.3 is 9.47 Å². The molecule has 2 nitrogen and oxygen atoms in total. The van der Waals surface area contributed by atoms with Crippen LogP contribution in [-0.4, -0.2) is 4.57 Å². The van der Waals surface area contributed by atoms with Crippen molar-refractivity contribution in [1.29, 1.82) is 0 Å². The monoisotopic (exact) mass is 716 g/mol. The number of benzene rings is 8. The number of hydrogen-bond donors (Lipinski definition) is 0. The van der Waals surface area contributed by atoms with E-state index in [9.17, 15) is 0 Å². The van der Waals surface area contributed by atoms with Gasteiger partial charge in [0.25, 0.3) is 0 Å². The Morgan fingerprint density at radius 3 is 1.49 bits per heavy atom. The van der Waals surface area contributed by atoms with Crippen LogP contribution in [0.3, 0.4) is 0 Å². The lowest BCUT2D eigenvalue weighted by Crippen LogP contribution is -2.10. The third-order valence-electron chi connectivity index (χ3n) is 9.66. The fraction of sp³-hybridized carbons (Fsp3) is 0. The van der Waals surface area contributed by atoms with Crippen molar-refractivity contribution in [1.82, 2.24) is 4.57 Å². The van der Waals surface area contributed by atoms with E-state index >= 15 is 0 Å². The van der Waals surface area contributed by atoms with Gasteiger partial charge >= 0.3 is 0 Å². The maximum Gasteiger partial charge on any atom is 0.0562 e. The molecule has 0 fully saturated rings. The summed E-state index contributed by atoms with van der Waals surface area (Å²) in [5.74, 6) is 0. The van der Waals surface area contributed by atoms with Gasteiger partial charge in [-0.1, -0.05) is 143 Å². The lowest BCUT2D eigenvalue weighted by atomic mass is 9.98. The van der Waals surface area contributed by atoms with Crippen LogP contribution in [0.5, 0.6) is 0 Å². The number of para-hydroxylation sites is 2. The van der Waals surface area contributed by atoms with Gasteiger partial charge in [-0.3, -0.25) is 0 Å². The largest absolute Gasteiger partial charge is 0.310 e. The number of nitrogens with zero attached hydrogens (tertiary/aromatic N) is 2. The molecule has 0 aliphatic heterocycles. The second-order valence-corrected chi connectivity index (χ2v) is 13.7. The van der Waals surface area contributed by atoms with Gasteiger partial charge in [0.15, 0.2) is 0 Å². The minimum atomic E-state index is 1.08. The number of anilines is 3. The van der Waals surface area contributed by atoms with Gasteiger partial charge in [-0.25, -0.2) is 0 Å². The molecule has 8 aromatic carbocycles. The van der Waals surface area contributed by atoms with Gasteiger partial charge in [0.05, 0.1) is 16.7 Å². The Hall–Kier alpha value is -6.16. The average molecular weight is 718 g/mol. The van der Waals surface area contributed by atoms with E-state index < -0.39 is 0 Å². The molecule has 51 heavy (non-hydrogen) atoms. The summed E-state index contributed by atoms with van der Waals surface area (Å²) in [5, 5.41) is 2.44. The second kappa shape index (κ2) is 13.3. The standard InChI is InChI=1S/C48H33BrN2/c49-40-27-21-36(22-28-40)38-13-9-14-39(33-38)37-25-31-43(32-26-37)50(42-29-23-35(24-30-42)34-11-3-1-4-12-34)46-19-10-20-47-48(46)44-17-7-8-18-45(44)51(47)41-15-5-2-6-16-41/h1-33H. The Labute approximate surface area is 306 Å². The van der Waals surface area contributed by atoms with E-state index in [0.29, 0.717) is 0 Å². The molecule has 9 rings (SSSR count). The molecule has 0 atom stereocenters. The van der Waals surface area contributed by atoms with E-state index in [-0.39, 0.29) is 0 Å². The highest BCUT2D eigenvalue weighted by molar-refractivity contribution is 9.10. The normalized spacial score (nSPS) is 11.2. The number of rotatable bonds is 7. The van der Waals surface area contributed by atoms with E-state index in [1.807, 2.05) is 0 Å². The third-order valence-corrected chi connectivity index (χ3v) is 10.2. The molecule has 0 aliphatic carbocycles. The maximum absolute atomic E-state index is 3.57. The molecule has 0 N–H and O–H groups in total. The molecule has 0 bridgehead atoms. The van der Waals surface area contributed by atoms with Crippen LogP contribution in [-0.2, 0) is 0 Å². The summed E-state index contributed by atoms with van der Waals surface area (Å²) in [5.41, 5.74) is 14.0. The minimum Gasteiger partial charge on any atom is -0.310 e. The van der Waals surface area contributed by atoms with Gasteiger partial charge in [-0.2, -0.15) is 0 Å². The van der Waals surface area contributed by atoms with Crippen LogP contribution in [0, 0.1) is 0 Å². The molecule has 0 aliphatic rings. The highest BCUT2D eigenvalue weighted by Gasteiger charge is 2.21. The summed E-state index contributed by atoms with van der Waals surface area (Å²) >= 11 is 3.57. The first-order valence-corrected chi connectivity index (χ1v) is 18.0. The van der Waals surface area contributed by atoms with E-state index in [4.69, 9.17) is 0 Å². The number of fused-ring (bicyclic) bond motifs is 3. The summed E-state index contributed by atoms with van der Waals surface area (Å²) in [6, 6.07) is 71.9. The number of aromatic nitrogens is 1. The van der Waals surface area contributed by atoms with Crippen molar-refractivity contribution in [2.75, 3.05) is 4.90 Å². The fourth-order valence-electron chi connectivity index (χ4n) is 7.23. The summed E-state index contributed by atoms with van der Waals surface area (Å²) in [7, 11) is 0. The van der Waals surface area contributed by atoms with Crippen LogP contribution >= 0.6 is 15.9 Å². The van der Waals surface area contributed by atoms with Gasteiger partial charge in [-0.05, 0) is 106 Å². The zero-order valence-electron chi connectivity index (χ0n) is 27.8. The smallest absolute Gasteiger partial charge is 0.0562 e. The Morgan fingerprint density at radius 2 is 0.843 bits per heavy atom. The first kappa shape index (κ1) is 30.9. The molecule has 0 saturated carbocycles. The molecule has 9 aromatic rings. The first-order valence-electron chi connectivity index (χ1n) is 17.2. The van der Waals surface area contributed by atoms with Crippen LogP contribution in [0.25, 0.3) is 60.9 Å². The van der Waals surface area contributed by atoms with Gasteiger partial charge in [0.2, 0.25) is 0 Å². The second-order valence-electron chi connectivity index (χ2n) is 12.7. The summed E-state index contributed by atoms with van der Waals surface area (Å²) in [4.78, 5) is 2.40. The van der Waals surface area contributed by atoms with E-state index in [2.05, 4.69) is 226 Å². The van der Waals surface area contributed by atoms with Gasteiger partial charge in [0.1, 0.15) is 0 Å². The zero-order chi connectivity index (χ0) is 34.1. The molecule has 0 saturated heterocycles. The number of halogens is 1. The molecule has 3 heteroatoms. The molecule has 0 amide bonds. The molecular weight excluding hydrogens is 684 g/mol. The molecule has 242 valence electrons. The first-order chi connectivity index (χ1) is 25.2. The summed E-state index contributed by atoms with van der Waals surface area (Å²) in [6.07, 6.45) is 0. The summed E-state index contributed by atoms with van der Waals surface area (Å²) < 4.78 is 3.46. The van der Waals surface area contributed by atoms with Crippen LogP contribution in [0.2, 0.25) is 0 Å². The van der Waals surface area contributed by atoms with Crippen molar-refractivity contribution in [2.24, 2.45) is 0 Å². The van der Waals surface area contributed by atoms with E-state index in [1.54, 1.807) is 0 Å². The highest BCUT2D eigenvalue weighted by Crippen LogP contribution is 2.44. The Morgan fingerprint density at radius 1 is 0.373 bits per heavy atom. The molecular formula is C48H33BrN2. The Balaban J connectivity index is 1.20. The molecule has 0 spiro atoms. The fourth-order valence-corrected chi connectivity index (χ4v) is 7.49. The van der Waals surface area contributed by atoms with Crippen LogP contribution in [0.1, 0.15) is 0 Å². The van der Waals surface area contributed by atoms with Crippen molar-refractivity contribution < 1.29 is 0 Å². The van der Waals surface area contributed by atoms with Crippen molar-refractivity contribution in [3.63, 3.8) is 0 Å². The number of hydrogen-bond acceptors (Lipinski definition) is 1. The molecule has 0 radical (unpaired) electrons. The predicted molar refractivity (Wildman–Crippen MR) is 219 cm³/mol. The predicted octanol–water partition coefficient (Wildman–Crippen LogP) is 14.0. The molecule has 1 heterocycles. The topological polar surface area (TPSA) is 8.17 Å². The SMILES string of the molecule is Brc1ccc(-c2cccc(-c3ccc(N(c4ccc(-c5ccccc5)cc4)c4cccc5c4c4ccccc4n5-c4ccccc4)cc3)c2)cc1. The van der Waals surface area contributed by atoms with Crippen LogP contribution in [0.15, 0.2) is 205 Å². The van der Waals surface area contributed by atoms with Crippen LogP contribution < -0.4 is 4.90 Å². The Kier molecular flexibility index (Phi) is 8.04. The van der Waals surface area contributed by atoms with Crippen molar-refractivity contribution in [3.05, 3.63) is 205 Å². The summed E-state index contributed by atoms with van der Waals surface area (Å²) in [6.45, 7) is 0. The maximum atomic E-state index is 3.57. The average Bonchev–Trinajstić information content (AvgIpc) is 3.55. The van der Waals surface area contributed by atoms with Gasteiger partial charge in [0, 0.05) is 32.3 Å². The lowest BCUT2D eigenvalue weighted by Gasteiger charge is -2.27. The van der Waals surface area contributed by atoms with Crippen molar-refractivity contribution >= 4 is 54.8 Å². The van der Waals surface area contributed by atoms with E-state index in [1.165, 1.54) is 55.2 Å². The van der Waals surface area contributed by atoms with E-state index in [0.717, 1.165) is 27.2 Å². The third kappa shape index (κ3) is 5.82. The zero-order valence-corrected chi connectivity index (χ0v) is 29.4. The van der Waals surface area contributed by atoms with Crippen molar-refractivity contribution in [3.8, 4) is 39.1 Å². The minimum absolute atomic E-state index is 1.08. The lowest BCUT2D eigenvalue weighted by molar-refractivity contribution is 1.18. The molecule has 1 aromatic heterocycles. The van der Waals surface area contributed by atoms with Gasteiger partial charge in [-0.15, -0.1) is 0 Å². The molecule has 0 unspecified atom stereocenters. The highest BCUT2D eigenvalue weighted by atomic mass is 79.9.